The Bertz CT molecular complexity index is 1170. The number of rotatable bonds is 8. The maximum absolute atomic E-state index is 13.2. The van der Waals surface area contributed by atoms with Crippen LogP contribution in [0.15, 0.2) is 66.7 Å². The van der Waals surface area contributed by atoms with Crippen LogP contribution in [0.2, 0.25) is 5.02 Å². The molecule has 0 unspecified atom stereocenters. The molecule has 1 fully saturated rings. The zero-order chi connectivity index (χ0) is 24.1. The first-order valence-corrected chi connectivity index (χ1v) is 11.0. The molecule has 1 aliphatic heterocycles. The van der Waals surface area contributed by atoms with Crippen LogP contribution in [0.25, 0.3) is 0 Å². The Morgan fingerprint density at radius 3 is 2.53 bits per heavy atom. The van der Waals surface area contributed by atoms with Crippen molar-refractivity contribution in [2.24, 2.45) is 5.92 Å². The third-order valence-corrected chi connectivity index (χ3v) is 5.69. The number of methoxy groups -OCH3 is 1. The van der Waals surface area contributed by atoms with Crippen LogP contribution in [0, 0.1) is 11.7 Å². The van der Waals surface area contributed by atoms with Crippen molar-refractivity contribution < 1.29 is 23.5 Å². The summed E-state index contributed by atoms with van der Waals surface area (Å²) < 4.78 is 24.4. The minimum Gasteiger partial charge on any atom is -0.493 e. The van der Waals surface area contributed by atoms with Crippen LogP contribution in [0.5, 0.6) is 11.5 Å². The molecule has 0 saturated carbocycles. The highest BCUT2D eigenvalue weighted by Crippen LogP contribution is 2.31. The molecule has 0 bridgehead atoms. The Kier molecular flexibility index (Phi) is 7.18. The number of hydrazine groups is 1. The van der Waals surface area contributed by atoms with E-state index in [9.17, 15) is 14.0 Å². The summed E-state index contributed by atoms with van der Waals surface area (Å²) in [6.45, 7) is 0.566. The monoisotopic (exact) mass is 483 g/mol. The van der Waals surface area contributed by atoms with Crippen molar-refractivity contribution in [1.29, 1.82) is 0 Å². The van der Waals surface area contributed by atoms with E-state index < -0.39 is 5.92 Å². The van der Waals surface area contributed by atoms with E-state index in [1.54, 1.807) is 30.3 Å². The van der Waals surface area contributed by atoms with Gasteiger partial charge in [-0.2, -0.15) is 0 Å². The zero-order valence-electron chi connectivity index (χ0n) is 18.4. The van der Waals surface area contributed by atoms with Gasteiger partial charge in [0, 0.05) is 29.7 Å². The molecule has 176 valence electrons. The lowest BCUT2D eigenvalue weighted by molar-refractivity contribution is -0.125. The number of carbonyl (C=O) groups is 2. The summed E-state index contributed by atoms with van der Waals surface area (Å²) in [7, 11) is 1.53. The van der Waals surface area contributed by atoms with E-state index in [1.165, 1.54) is 36.3 Å². The summed E-state index contributed by atoms with van der Waals surface area (Å²) in [5, 5.41) is 0.656. The number of nitrogens with one attached hydrogen (secondary N) is 2. The van der Waals surface area contributed by atoms with Crippen molar-refractivity contribution >= 4 is 34.8 Å². The summed E-state index contributed by atoms with van der Waals surface area (Å²) in [5.74, 6) is -0.382. The minimum absolute atomic E-state index is 0.0751. The maximum Gasteiger partial charge on any atom is 0.243 e. The average Bonchev–Trinajstić information content (AvgIpc) is 3.24. The summed E-state index contributed by atoms with van der Waals surface area (Å²) in [6.07, 6.45) is 0.0751. The van der Waals surface area contributed by atoms with Crippen molar-refractivity contribution in [2.45, 2.75) is 13.0 Å². The first-order valence-electron chi connectivity index (χ1n) is 10.6. The van der Waals surface area contributed by atoms with Gasteiger partial charge >= 0.3 is 0 Å². The fraction of sp³-hybridized carbons (Fsp3) is 0.200. The van der Waals surface area contributed by atoms with E-state index in [4.69, 9.17) is 21.1 Å². The van der Waals surface area contributed by atoms with Crippen LogP contribution >= 0.6 is 11.6 Å². The Labute approximate surface area is 201 Å². The topological polar surface area (TPSA) is 79.9 Å². The fourth-order valence-corrected chi connectivity index (χ4v) is 3.72. The molecule has 3 aromatic rings. The summed E-state index contributed by atoms with van der Waals surface area (Å²) in [4.78, 5) is 26.5. The molecule has 2 N–H and O–H groups in total. The molecule has 1 atom stereocenters. The molecule has 1 heterocycles. The third-order valence-electron chi connectivity index (χ3n) is 5.44. The van der Waals surface area contributed by atoms with E-state index in [-0.39, 0.29) is 30.6 Å². The summed E-state index contributed by atoms with van der Waals surface area (Å²) >= 11 is 5.91. The molecule has 7 nitrogen and oxygen atoms in total. The van der Waals surface area contributed by atoms with Gasteiger partial charge in [-0.25, -0.2) is 4.39 Å². The van der Waals surface area contributed by atoms with E-state index in [2.05, 4.69) is 10.9 Å². The second-order valence-corrected chi connectivity index (χ2v) is 8.21. The maximum atomic E-state index is 13.2. The van der Waals surface area contributed by atoms with Gasteiger partial charge in [-0.15, -0.1) is 0 Å². The minimum atomic E-state index is -0.533. The van der Waals surface area contributed by atoms with Gasteiger partial charge in [0.05, 0.1) is 18.7 Å². The predicted octanol–water partition coefficient (Wildman–Crippen LogP) is 4.56. The number of benzene rings is 3. The Balaban J connectivity index is 1.33. The number of halogens is 2. The van der Waals surface area contributed by atoms with E-state index in [1.807, 2.05) is 12.1 Å². The quantitative estimate of drug-likeness (QED) is 0.459. The van der Waals surface area contributed by atoms with Gasteiger partial charge in [0.1, 0.15) is 12.4 Å². The average molecular weight is 484 g/mol. The van der Waals surface area contributed by atoms with Crippen LogP contribution in [0.4, 0.5) is 15.8 Å². The van der Waals surface area contributed by atoms with Gasteiger partial charge < -0.3 is 14.4 Å². The van der Waals surface area contributed by atoms with Gasteiger partial charge in [0.25, 0.3) is 0 Å². The Morgan fingerprint density at radius 1 is 1.09 bits per heavy atom. The van der Waals surface area contributed by atoms with Gasteiger partial charge in [0.2, 0.25) is 11.8 Å². The van der Waals surface area contributed by atoms with Crippen LogP contribution in [-0.2, 0) is 16.2 Å². The molecule has 9 heteroatoms. The molecule has 0 aliphatic carbocycles. The fourth-order valence-electron chi connectivity index (χ4n) is 3.60. The van der Waals surface area contributed by atoms with Gasteiger partial charge in [0.15, 0.2) is 11.5 Å². The summed E-state index contributed by atoms with van der Waals surface area (Å²) in [6, 6.07) is 18.1. The molecule has 4 rings (SSSR count). The first kappa shape index (κ1) is 23.4. The van der Waals surface area contributed by atoms with Crippen molar-refractivity contribution in [2.75, 3.05) is 24.0 Å². The molecule has 1 saturated heterocycles. The molecule has 2 amide bonds. The second-order valence-electron chi connectivity index (χ2n) is 7.78. The molecular formula is C25H23ClFN3O4. The van der Waals surface area contributed by atoms with Crippen LogP contribution in [0.1, 0.15) is 12.0 Å². The van der Waals surface area contributed by atoms with Crippen LogP contribution < -0.4 is 25.2 Å². The highest BCUT2D eigenvalue weighted by Gasteiger charge is 2.35. The van der Waals surface area contributed by atoms with Crippen molar-refractivity contribution in [3.05, 3.63) is 83.1 Å². The van der Waals surface area contributed by atoms with Gasteiger partial charge in [-0.1, -0.05) is 23.7 Å². The van der Waals surface area contributed by atoms with Crippen LogP contribution in [-0.4, -0.2) is 25.5 Å². The molecule has 34 heavy (non-hydrogen) atoms. The van der Waals surface area contributed by atoms with Gasteiger partial charge in [-0.3, -0.25) is 20.4 Å². The lowest BCUT2D eigenvalue weighted by atomic mass is 10.1. The number of hydrogen-bond donors (Lipinski definition) is 2. The number of anilines is 2. The normalized spacial score (nSPS) is 15.2. The first-order chi connectivity index (χ1) is 16.4. The molecule has 0 spiro atoms. The second kappa shape index (κ2) is 10.4. The summed E-state index contributed by atoms with van der Waals surface area (Å²) in [5.41, 5.74) is 7.60. The standard InChI is InChI=1S/C25H23ClFN3O4/c1-33-23-13-20(8-11-22(23)34-15-16-2-4-18(26)5-3-16)28-29-25(32)17-12-24(31)30(14-17)21-9-6-19(27)7-10-21/h2-11,13,17,28H,12,14-15H2,1H3,(H,29,32)/t17-/m1/s1. The number of amides is 2. The molecule has 0 aromatic heterocycles. The number of nitrogens with zero attached hydrogens (tertiary/aromatic N) is 1. The lowest BCUT2D eigenvalue weighted by Gasteiger charge is -2.17. The van der Waals surface area contributed by atoms with E-state index in [0.29, 0.717) is 34.5 Å². The molecule has 3 aromatic carbocycles. The van der Waals surface area contributed by atoms with Crippen molar-refractivity contribution in [1.82, 2.24) is 5.43 Å². The number of ether oxygens (including phenoxy) is 2. The Hall–Kier alpha value is -3.78. The SMILES string of the molecule is COc1cc(NNC(=O)[C@@H]2CC(=O)N(c3ccc(F)cc3)C2)ccc1OCc1ccc(Cl)cc1. The highest BCUT2D eigenvalue weighted by atomic mass is 35.5. The highest BCUT2D eigenvalue weighted by molar-refractivity contribution is 6.30. The Morgan fingerprint density at radius 2 is 1.82 bits per heavy atom. The van der Waals surface area contributed by atoms with E-state index >= 15 is 0 Å². The van der Waals surface area contributed by atoms with Crippen molar-refractivity contribution in [3.8, 4) is 11.5 Å². The molecular weight excluding hydrogens is 461 g/mol. The predicted molar refractivity (Wildman–Crippen MR) is 127 cm³/mol. The van der Waals surface area contributed by atoms with Crippen molar-refractivity contribution in [3.63, 3.8) is 0 Å². The largest absolute Gasteiger partial charge is 0.493 e. The zero-order valence-corrected chi connectivity index (χ0v) is 19.1. The van der Waals surface area contributed by atoms with Crippen LogP contribution in [0.3, 0.4) is 0 Å². The smallest absolute Gasteiger partial charge is 0.243 e. The van der Waals surface area contributed by atoms with E-state index in [0.717, 1.165) is 5.56 Å². The number of carbonyl (C=O) groups excluding carboxylic acids is 2. The van der Waals surface area contributed by atoms with Gasteiger partial charge in [-0.05, 0) is 54.1 Å². The molecule has 1 aliphatic rings. The lowest BCUT2D eigenvalue weighted by Crippen LogP contribution is -2.36. The third kappa shape index (κ3) is 5.58. The molecule has 0 radical (unpaired) electrons. The number of hydrogen-bond acceptors (Lipinski definition) is 5.